The molecule has 29 heavy (non-hydrogen) atoms. The molecule has 0 aliphatic heterocycles. The Morgan fingerprint density at radius 2 is 2.07 bits per heavy atom. The second-order valence-electron chi connectivity index (χ2n) is 6.00. The molecule has 0 aliphatic rings. The number of aliphatic imine (C=N–C) groups is 1. The smallest absolute Gasteiger partial charge is 0.240 e. The maximum Gasteiger partial charge on any atom is 0.240 e. The Labute approximate surface area is 198 Å². The van der Waals surface area contributed by atoms with Crippen LogP contribution in [0.5, 0.6) is 0 Å². The highest BCUT2D eigenvalue weighted by atomic mass is 127. The number of halogens is 2. The Balaban J connectivity index is 0.00000420. The van der Waals surface area contributed by atoms with Crippen molar-refractivity contribution < 1.29 is 13.2 Å². The van der Waals surface area contributed by atoms with Gasteiger partial charge in [-0.1, -0.05) is 23.7 Å². The van der Waals surface area contributed by atoms with Crippen LogP contribution in [0.25, 0.3) is 0 Å². The molecule has 11 heteroatoms. The first-order valence-corrected chi connectivity index (χ1v) is 11.3. The SMILES string of the molecule is CN=C(NCc1cccc(S(=O)(=O)NCCOC)c1)N(C)Cc1ccc(Cl)s1.I. The van der Waals surface area contributed by atoms with E-state index in [1.54, 1.807) is 25.2 Å². The Morgan fingerprint density at radius 3 is 2.69 bits per heavy atom. The number of methoxy groups -OCH3 is 1. The fourth-order valence-electron chi connectivity index (χ4n) is 2.50. The van der Waals surface area contributed by atoms with Gasteiger partial charge in [0.25, 0.3) is 0 Å². The third-order valence-electron chi connectivity index (χ3n) is 3.85. The molecule has 0 spiro atoms. The van der Waals surface area contributed by atoms with Gasteiger partial charge in [0.05, 0.1) is 22.4 Å². The number of nitrogens with one attached hydrogen (secondary N) is 2. The van der Waals surface area contributed by atoms with Gasteiger partial charge in [-0.3, -0.25) is 4.99 Å². The molecule has 0 radical (unpaired) electrons. The molecule has 1 heterocycles. The number of benzene rings is 1. The predicted molar refractivity (Wildman–Crippen MR) is 130 cm³/mol. The van der Waals surface area contributed by atoms with Crippen LogP contribution in [0.15, 0.2) is 46.3 Å². The average Bonchev–Trinajstić information content (AvgIpc) is 3.07. The van der Waals surface area contributed by atoms with Crippen molar-refractivity contribution in [3.63, 3.8) is 0 Å². The second kappa shape index (κ2) is 12.7. The van der Waals surface area contributed by atoms with Gasteiger partial charge >= 0.3 is 0 Å². The molecular formula is C18H26ClIN4O3S2. The fraction of sp³-hybridized carbons (Fsp3) is 0.389. The molecule has 1 aromatic heterocycles. The van der Waals surface area contributed by atoms with Crippen LogP contribution in [0, 0.1) is 0 Å². The molecule has 2 rings (SSSR count). The van der Waals surface area contributed by atoms with Crippen LogP contribution < -0.4 is 10.0 Å². The summed E-state index contributed by atoms with van der Waals surface area (Å²) in [6, 6.07) is 10.7. The molecule has 2 N–H and O–H groups in total. The van der Waals surface area contributed by atoms with E-state index in [1.807, 2.05) is 30.1 Å². The van der Waals surface area contributed by atoms with E-state index >= 15 is 0 Å². The van der Waals surface area contributed by atoms with Gasteiger partial charge in [0.15, 0.2) is 5.96 Å². The minimum Gasteiger partial charge on any atom is -0.383 e. The summed E-state index contributed by atoms with van der Waals surface area (Å²) < 4.78 is 32.8. The Bertz CT molecular complexity index is 906. The Hall–Kier alpha value is -0.920. The van der Waals surface area contributed by atoms with E-state index in [0.717, 1.165) is 14.8 Å². The monoisotopic (exact) mass is 572 g/mol. The third kappa shape index (κ3) is 8.38. The number of guanidine groups is 1. The maximum absolute atomic E-state index is 12.3. The normalized spacial score (nSPS) is 11.8. The van der Waals surface area contributed by atoms with E-state index in [1.165, 1.54) is 18.4 Å². The van der Waals surface area contributed by atoms with Gasteiger partial charge in [-0.15, -0.1) is 35.3 Å². The number of rotatable bonds is 9. The maximum atomic E-state index is 12.3. The standard InChI is InChI=1S/C18H25ClN4O3S2.HI/c1-20-18(23(2)13-15-7-8-17(19)27-15)21-12-14-5-4-6-16(11-14)28(24,25)22-9-10-26-3;/h4-8,11,22H,9-10,12-13H2,1-3H3,(H,20,21);1H. The van der Waals surface area contributed by atoms with Crippen molar-refractivity contribution in [2.45, 2.75) is 18.0 Å². The highest BCUT2D eigenvalue weighted by Crippen LogP contribution is 2.22. The zero-order chi connectivity index (χ0) is 20.6. The molecule has 2 aromatic rings. The third-order valence-corrected chi connectivity index (χ3v) is 6.53. The zero-order valence-electron chi connectivity index (χ0n) is 16.5. The zero-order valence-corrected chi connectivity index (χ0v) is 21.2. The summed E-state index contributed by atoms with van der Waals surface area (Å²) in [6.07, 6.45) is 0. The molecule has 0 bridgehead atoms. The summed E-state index contributed by atoms with van der Waals surface area (Å²) in [6.45, 7) is 1.67. The summed E-state index contributed by atoms with van der Waals surface area (Å²) in [5, 5.41) is 3.26. The van der Waals surface area contributed by atoms with Crippen molar-refractivity contribution in [2.75, 3.05) is 34.4 Å². The van der Waals surface area contributed by atoms with Crippen LogP contribution in [0.3, 0.4) is 0 Å². The predicted octanol–water partition coefficient (Wildman–Crippen LogP) is 3.15. The van der Waals surface area contributed by atoms with E-state index in [-0.39, 0.29) is 35.4 Å². The number of ether oxygens (including phenoxy) is 1. The van der Waals surface area contributed by atoms with Gasteiger partial charge in [-0.25, -0.2) is 13.1 Å². The van der Waals surface area contributed by atoms with Crippen molar-refractivity contribution in [2.24, 2.45) is 4.99 Å². The molecular weight excluding hydrogens is 547 g/mol. The quantitative estimate of drug-likeness (QED) is 0.209. The minimum atomic E-state index is -3.56. The molecule has 0 saturated carbocycles. The lowest BCUT2D eigenvalue weighted by atomic mass is 10.2. The van der Waals surface area contributed by atoms with Gasteiger partial charge in [0.1, 0.15) is 0 Å². The van der Waals surface area contributed by atoms with Crippen LogP contribution in [0.2, 0.25) is 4.34 Å². The van der Waals surface area contributed by atoms with Crippen LogP contribution >= 0.6 is 46.9 Å². The van der Waals surface area contributed by atoms with Crippen molar-refractivity contribution in [3.8, 4) is 0 Å². The van der Waals surface area contributed by atoms with E-state index in [9.17, 15) is 8.42 Å². The first kappa shape index (κ1) is 26.1. The number of sulfonamides is 1. The molecule has 7 nitrogen and oxygen atoms in total. The van der Waals surface area contributed by atoms with Gasteiger partial charge in [0.2, 0.25) is 10.0 Å². The first-order valence-electron chi connectivity index (χ1n) is 8.59. The summed E-state index contributed by atoms with van der Waals surface area (Å²) in [7, 11) is 1.61. The second-order valence-corrected chi connectivity index (χ2v) is 9.57. The number of nitrogens with zero attached hydrogens (tertiary/aromatic N) is 2. The minimum absolute atomic E-state index is 0. The summed E-state index contributed by atoms with van der Waals surface area (Å²) in [5.74, 6) is 0.705. The summed E-state index contributed by atoms with van der Waals surface area (Å²) >= 11 is 7.51. The van der Waals surface area contributed by atoms with Crippen molar-refractivity contribution in [3.05, 3.63) is 51.2 Å². The van der Waals surface area contributed by atoms with Crippen LogP contribution in [0.1, 0.15) is 10.4 Å². The molecule has 0 aliphatic carbocycles. The number of hydrogen-bond acceptors (Lipinski definition) is 5. The Kier molecular flexibility index (Phi) is 11.4. The highest BCUT2D eigenvalue weighted by molar-refractivity contribution is 14.0. The summed E-state index contributed by atoms with van der Waals surface area (Å²) in [5.41, 5.74) is 0.836. The molecule has 0 saturated heterocycles. The van der Waals surface area contributed by atoms with E-state index in [4.69, 9.17) is 16.3 Å². The first-order chi connectivity index (χ1) is 13.4. The molecule has 162 valence electrons. The van der Waals surface area contributed by atoms with Crippen LogP contribution in [0.4, 0.5) is 0 Å². The van der Waals surface area contributed by atoms with Gasteiger partial charge in [-0.2, -0.15) is 0 Å². The number of hydrogen-bond donors (Lipinski definition) is 2. The van der Waals surface area contributed by atoms with E-state index < -0.39 is 10.0 Å². The van der Waals surface area contributed by atoms with Gasteiger partial charge in [0, 0.05) is 39.2 Å². The highest BCUT2D eigenvalue weighted by Gasteiger charge is 2.14. The topological polar surface area (TPSA) is 83.0 Å². The van der Waals surface area contributed by atoms with E-state index in [0.29, 0.717) is 25.7 Å². The lowest BCUT2D eigenvalue weighted by Crippen LogP contribution is -2.37. The molecule has 1 aromatic carbocycles. The largest absolute Gasteiger partial charge is 0.383 e. The molecule has 0 amide bonds. The van der Waals surface area contributed by atoms with Gasteiger partial charge < -0.3 is 15.0 Å². The lowest BCUT2D eigenvalue weighted by Gasteiger charge is -2.21. The Morgan fingerprint density at radius 1 is 1.31 bits per heavy atom. The van der Waals surface area contributed by atoms with Gasteiger partial charge in [-0.05, 0) is 29.8 Å². The average molecular weight is 573 g/mol. The lowest BCUT2D eigenvalue weighted by molar-refractivity contribution is 0.204. The molecule has 0 fully saturated rings. The van der Waals surface area contributed by atoms with Crippen molar-refractivity contribution >= 4 is 62.9 Å². The van der Waals surface area contributed by atoms with Crippen molar-refractivity contribution in [1.29, 1.82) is 0 Å². The van der Waals surface area contributed by atoms with E-state index in [2.05, 4.69) is 15.0 Å². The fourth-order valence-corrected chi connectivity index (χ4v) is 4.72. The number of thiophene rings is 1. The van der Waals surface area contributed by atoms with Crippen molar-refractivity contribution in [1.82, 2.24) is 14.9 Å². The van der Waals surface area contributed by atoms with Crippen LogP contribution in [-0.4, -0.2) is 53.6 Å². The summed E-state index contributed by atoms with van der Waals surface area (Å²) in [4.78, 5) is 7.62. The molecule has 0 unspecified atom stereocenters. The molecule has 0 atom stereocenters. The van der Waals surface area contributed by atoms with Crippen LogP contribution in [-0.2, 0) is 27.8 Å².